The number of nitrogens with one attached hydrogen (secondary N) is 1. The highest BCUT2D eigenvalue weighted by Crippen LogP contribution is 2.32. The molecule has 80 valence electrons. The third-order valence-electron chi connectivity index (χ3n) is 2.74. The topological polar surface area (TPSA) is 49.3 Å². The van der Waals surface area contributed by atoms with E-state index in [-0.39, 0.29) is 18.6 Å². The van der Waals surface area contributed by atoms with Crippen molar-refractivity contribution in [2.45, 2.75) is 18.9 Å². The molecule has 1 unspecified atom stereocenters. The predicted molar refractivity (Wildman–Crippen MR) is 57.5 cm³/mol. The normalized spacial score (nSPS) is 17.1. The number of rotatable bonds is 4. The van der Waals surface area contributed by atoms with Crippen molar-refractivity contribution in [1.82, 2.24) is 5.32 Å². The van der Waals surface area contributed by atoms with Gasteiger partial charge in [0.15, 0.2) is 0 Å². The van der Waals surface area contributed by atoms with Crippen LogP contribution in [0.15, 0.2) is 30.3 Å². The van der Waals surface area contributed by atoms with E-state index < -0.39 is 0 Å². The van der Waals surface area contributed by atoms with Crippen molar-refractivity contribution in [1.29, 1.82) is 0 Å². The van der Waals surface area contributed by atoms with Crippen molar-refractivity contribution in [2.24, 2.45) is 5.92 Å². The van der Waals surface area contributed by atoms with Crippen LogP contribution >= 0.6 is 0 Å². The van der Waals surface area contributed by atoms with Crippen molar-refractivity contribution in [3.05, 3.63) is 35.9 Å². The molecular weight excluding hydrogens is 190 g/mol. The maximum Gasteiger partial charge on any atom is 0.251 e. The Bertz CT molecular complexity index is 333. The minimum absolute atomic E-state index is 0.0310. The summed E-state index contributed by atoms with van der Waals surface area (Å²) in [5.41, 5.74) is 0.650. The van der Waals surface area contributed by atoms with Crippen molar-refractivity contribution >= 4 is 5.91 Å². The van der Waals surface area contributed by atoms with Crippen LogP contribution in [0.2, 0.25) is 0 Å². The quantitative estimate of drug-likeness (QED) is 0.775. The molecule has 1 aromatic carbocycles. The van der Waals surface area contributed by atoms with Gasteiger partial charge in [0, 0.05) is 5.56 Å². The molecule has 1 aromatic rings. The van der Waals surface area contributed by atoms with Gasteiger partial charge in [-0.25, -0.2) is 0 Å². The van der Waals surface area contributed by atoms with Gasteiger partial charge < -0.3 is 10.4 Å². The van der Waals surface area contributed by atoms with Crippen LogP contribution in [0.4, 0.5) is 0 Å². The molecule has 2 rings (SSSR count). The molecule has 1 saturated carbocycles. The van der Waals surface area contributed by atoms with Gasteiger partial charge in [0.25, 0.3) is 5.91 Å². The summed E-state index contributed by atoms with van der Waals surface area (Å²) in [5.74, 6) is 0.379. The summed E-state index contributed by atoms with van der Waals surface area (Å²) in [6.07, 6.45) is 2.22. The SMILES string of the molecule is O=C(NC(CO)C1CC1)c1ccccc1. The third kappa shape index (κ3) is 2.57. The number of benzene rings is 1. The molecule has 1 fully saturated rings. The molecular formula is C12H15NO2. The molecule has 0 bridgehead atoms. The van der Waals surface area contributed by atoms with Gasteiger partial charge in [0.2, 0.25) is 0 Å². The molecule has 15 heavy (non-hydrogen) atoms. The lowest BCUT2D eigenvalue weighted by molar-refractivity contribution is 0.0908. The Balaban J connectivity index is 1.96. The lowest BCUT2D eigenvalue weighted by atomic mass is 10.1. The molecule has 1 aliphatic carbocycles. The fraction of sp³-hybridized carbons (Fsp3) is 0.417. The van der Waals surface area contributed by atoms with E-state index in [1.165, 1.54) is 0 Å². The number of amides is 1. The molecule has 0 aliphatic heterocycles. The fourth-order valence-electron chi connectivity index (χ4n) is 1.65. The Morgan fingerprint density at radius 3 is 2.60 bits per heavy atom. The number of hydrogen-bond donors (Lipinski definition) is 2. The van der Waals surface area contributed by atoms with Crippen LogP contribution in [0.3, 0.4) is 0 Å². The molecule has 0 spiro atoms. The van der Waals surface area contributed by atoms with E-state index in [4.69, 9.17) is 5.11 Å². The van der Waals surface area contributed by atoms with Crippen LogP contribution in [0.1, 0.15) is 23.2 Å². The third-order valence-corrected chi connectivity index (χ3v) is 2.74. The van der Waals surface area contributed by atoms with Crippen molar-refractivity contribution in [2.75, 3.05) is 6.61 Å². The van der Waals surface area contributed by atoms with Gasteiger partial charge in [-0.1, -0.05) is 18.2 Å². The van der Waals surface area contributed by atoms with Gasteiger partial charge in [-0.3, -0.25) is 4.79 Å². The Morgan fingerprint density at radius 2 is 2.07 bits per heavy atom. The Hall–Kier alpha value is -1.35. The minimum Gasteiger partial charge on any atom is -0.394 e. The Morgan fingerprint density at radius 1 is 1.40 bits per heavy atom. The van der Waals surface area contributed by atoms with Gasteiger partial charge in [-0.15, -0.1) is 0 Å². The average Bonchev–Trinajstić information content (AvgIpc) is 3.10. The summed E-state index contributed by atoms with van der Waals surface area (Å²) in [5, 5.41) is 12.0. The second-order valence-corrected chi connectivity index (χ2v) is 3.97. The first-order chi connectivity index (χ1) is 7.31. The molecule has 1 aliphatic rings. The fourth-order valence-corrected chi connectivity index (χ4v) is 1.65. The van der Waals surface area contributed by atoms with Crippen molar-refractivity contribution in [3.63, 3.8) is 0 Å². The van der Waals surface area contributed by atoms with Crippen LogP contribution < -0.4 is 5.32 Å². The highest BCUT2D eigenvalue weighted by atomic mass is 16.3. The summed E-state index contributed by atoms with van der Waals surface area (Å²) >= 11 is 0. The molecule has 0 radical (unpaired) electrons. The largest absolute Gasteiger partial charge is 0.394 e. The van der Waals surface area contributed by atoms with Gasteiger partial charge >= 0.3 is 0 Å². The molecule has 1 atom stereocenters. The zero-order valence-electron chi connectivity index (χ0n) is 8.52. The number of carbonyl (C=O) groups is 1. The van der Waals surface area contributed by atoms with E-state index in [2.05, 4.69) is 5.32 Å². The summed E-state index contributed by atoms with van der Waals surface area (Å²) < 4.78 is 0. The number of aliphatic hydroxyl groups is 1. The van der Waals surface area contributed by atoms with Crippen LogP contribution in [0, 0.1) is 5.92 Å². The molecule has 1 amide bonds. The first kappa shape index (κ1) is 10.2. The highest BCUT2D eigenvalue weighted by Gasteiger charge is 2.31. The number of hydrogen-bond acceptors (Lipinski definition) is 2. The van der Waals surface area contributed by atoms with E-state index in [1.54, 1.807) is 12.1 Å². The number of carbonyl (C=O) groups excluding carboxylic acids is 1. The zero-order chi connectivity index (χ0) is 10.7. The molecule has 3 heteroatoms. The second-order valence-electron chi connectivity index (χ2n) is 3.97. The number of aliphatic hydroxyl groups excluding tert-OH is 1. The van der Waals surface area contributed by atoms with Crippen LogP contribution in [0.25, 0.3) is 0 Å². The van der Waals surface area contributed by atoms with Crippen molar-refractivity contribution in [3.8, 4) is 0 Å². The monoisotopic (exact) mass is 205 g/mol. The van der Waals surface area contributed by atoms with Crippen LogP contribution in [-0.4, -0.2) is 23.7 Å². The summed E-state index contributed by atoms with van der Waals surface area (Å²) in [7, 11) is 0. The molecule has 0 saturated heterocycles. The van der Waals surface area contributed by atoms with E-state index in [0.29, 0.717) is 11.5 Å². The second kappa shape index (κ2) is 4.45. The highest BCUT2D eigenvalue weighted by molar-refractivity contribution is 5.94. The Kier molecular flexibility index (Phi) is 3.02. The zero-order valence-corrected chi connectivity index (χ0v) is 8.52. The standard InChI is InChI=1S/C12H15NO2/c14-8-11(9-6-7-9)13-12(15)10-4-2-1-3-5-10/h1-5,9,11,14H,6-8H2,(H,13,15). The predicted octanol–water partition coefficient (Wildman–Crippen LogP) is 1.19. The van der Waals surface area contributed by atoms with E-state index >= 15 is 0 Å². The summed E-state index contributed by atoms with van der Waals surface area (Å²) in [4.78, 5) is 11.7. The van der Waals surface area contributed by atoms with E-state index in [1.807, 2.05) is 18.2 Å². The maximum absolute atomic E-state index is 11.7. The van der Waals surface area contributed by atoms with Gasteiger partial charge in [0.05, 0.1) is 12.6 Å². The van der Waals surface area contributed by atoms with Crippen molar-refractivity contribution < 1.29 is 9.90 Å². The molecule has 3 nitrogen and oxygen atoms in total. The smallest absolute Gasteiger partial charge is 0.251 e. The average molecular weight is 205 g/mol. The van der Waals surface area contributed by atoms with Gasteiger partial charge in [-0.2, -0.15) is 0 Å². The lowest BCUT2D eigenvalue weighted by Gasteiger charge is -2.15. The van der Waals surface area contributed by atoms with Gasteiger partial charge in [-0.05, 0) is 30.9 Å². The van der Waals surface area contributed by atoms with Crippen LogP contribution in [0.5, 0.6) is 0 Å². The van der Waals surface area contributed by atoms with E-state index in [0.717, 1.165) is 12.8 Å². The molecule has 0 heterocycles. The summed E-state index contributed by atoms with van der Waals surface area (Å²) in [6, 6.07) is 9.02. The molecule has 2 N–H and O–H groups in total. The molecule has 0 aromatic heterocycles. The maximum atomic E-state index is 11.7. The first-order valence-electron chi connectivity index (χ1n) is 5.28. The minimum atomic E-state index is -0.0958. The van der Waals surface area contributed by atoms with Gasteiger partial charge in [0.1, 0.15) is 0 Å². The lowest BCUT2D eigenvalue weighted by Crippen LogP contribution is -2.39. The Labute approximate surface area is 89.1 Å². The van der Waals surface area contributed by atoms with Crippen LogP contribution in [-0.2, 0) is 0 Å². The summed E-state index contributed by atoms with van der Waals surface area (Å²) in [6.45, 7) is 0.0310. The first-order valence-corrected chi connectivity index (χ1v) is 5.28. The van der Waals surface area contributed by atoms with E-state index in [9.17, 15) is 4.79 Å².